The molecule has 0 atom stereocenters. The van der Waals surface area contributed by atoms with Crippen LogP contribution in [0.3, 0.4) is 0 Å². The SMILES string of the molecule is O=C(NCCc1nnc2ccccn12)Nc1cccc(Cl)c1. The van der Waals surface area contributed by atoms with Gasteiger partial charge in [0, 0.05) is 29.9 Å². The average molecular weight is 316 g/mol. The van der Waals surface area contributed by atoms with E-state index in [1.165, 1.54) is 0 Å². The first-order valence-corrected chi connectivity index (χ1v) is 7.19. The van der Waals surface area contributed by atoms with Gasteiger partial charge in [0.2, 0.25) is 0 Å². The third-order valence-electron chi connectivity index (χ3n) is 3.10. The number of fused-ring (bicyclic) bond motifs is 1. The summed E-state index contributed by atoms with van der Waals surface area (Å²) in [6.07, 6.45) is 2.49. The second kappa shape index (κ2) is 6.44. The van der Waals surface area contributed by atoms with Gasteiger partial charge in [-0.2, -0.15) is 0 Å². The van der Waals surface area contributed by atoms with E-state index >= 15 is 0 Å². The van der Waals surface area contributed by atoms with Crippen molar-refractivity contribution < 1.29 is 4.79 Å². The molecule has 1 aromatic carbocycles. The van der Waals surface area contributed by atoms with Crippen LogP contribution in [0.1, 0.15) is 5.82 Å². The number of hydrogen-bond acceptors (Lipinski definition) is 3. The van der Waals surface area contributed by atoms with Crippen molar-refractivity contribution in [1.82, 2.24) is 19.9 Å². The number of urea groups is 1. The van der Waals surface area contributed by atoms with Gasteiger partial charge in [-0.05, 0) is 30.3 Å². The van der Waals surface area contributed by atoms with Crippen LogP contribution in [0.2, 0.25) is 5.02 Å². The van der Waals surface area contributed by atoms with Crippen LogP contribution in [0.5, 0.6) is 0 Å². The van der Waals surface area contributed by atoms with Crippen LogP contribution in [0.25, 0.3) is 5.65 Å². The smallest absolute Gasteiger partial charge is 0.319 e. The second-order valence-electron chi connectivity index (χ2n) is 4.69. The number of benzene rings is 1. The highest BCUT2D eigenvalue weighted by Crippen LogP contribution is 2.14. The molecule has 2 amide bonds. The number of amides is 2. The number of rotatable bonds is 4. The van der Waals surface area contributed by atoms with Crippen molar-refractivity contribution in [3.05, 3.63) is 59.5 Å². The number of pyridine rings is 1. The monoisotopic (exact) mass is 315 g/mol. The van der Waals surface area contributed by atoms with E-state index in [2.05, 4.69) is 20.8 Å². The first-order chi connectivity index (χ1) is 10.7. The summed E-state index contributed by atoms with van der Waals surface area (Å²) >= 11 is 5.87. The minimum Gasteiger partial charge on any atom is -0.337 e. The van der Waals surface area contributed by atoms with E-state index in [4.69, 9.17) is 11.6 Å². The van der Waals surface area contributed by atoms with Crippen molar-refractivity contribution in [3.8, 4) is 0 Å². The molecule has 2 heterocycles. The number of aromatic nitrogens is 3. The van der Waals surface area contributed by atoms with Crippen LogP contribution in [0, 0.1) is 0 Å². The largest absolute Gasteiger partial charge is 0.337 e. The molecule has 0 unspecified atom stereocenters. The van der Waals surface area contributed by atoms with E-state index in [-0.39, 0.29) is 6.03 Å². The number of carbonyl (C=O) groups excluding carboxylic acids is 1. The molecule has 0 aliphatic carbocycles. The molecule has 112 valence electrons. The highest BCUT2D eigenvalue weighted by Gasteiger charge is 2.06. The zero-order valence-corrected chi connectivity index (χ0v) is 12.4. The summed E-state index contributed by atoms with van der Waals surface area (Å²) in [7, 11) is 0. The molecule has 3 rings (SSSR count). The van der Waals surface area contributed by atoms with E-state index < -0.39 is 0 Å². The number of hydrogen-bond donors (Lipinski definition) is 2. The fourth-order valence-electron chi connectivity index (χ4n) is 2.09. The quantitative estimate of drug-likeness (QED) is 0.777. The molecule has 6 nitrogen and oxygen atoms in total. The van der Waals surface area contributed by atoms with Gasteiger partial charge in [-0.25, -0.2) is 4.79 Å². The summed E-state index contributed by atoms with van der Waals surface area (Å²) < 4.78 is 1.90. The van der Waals surface area contributed by atoms with Crippen LogP contribution in [-0.4, -0.2) is 27.2 Å². The molecule has 0 fully saturated rings. The van der Waals surface area contributed by atoms with Crippen LogP contribution < -0.4 is 10.6 Å². The molecule has 2 N–H and O–H groups in total. The number of nitrogens with zero attached hydrogens (tertiary/aromatic N) is 3. The summed E-state index contributed by atoms with van der Waals surface area (Å²) in [6, 6.07) is 12.4. The number of halogens is 1. The van der Waals surface area contributed by atoms with Gasteiger partial charge in [0.15, 0.2) is 5.65 Å². The maximum Gasteiger partial charge on any atom is 0.319 e. The van der Waals surface area contributed by atoms with Gasteiger partial charge in [-0.1, -0.05) is 23.7 Å². The van der Waals surface area contributed by atoms with E-state index in [0.717, 1.165) is 11.5 Å². The molecule has 7 heteroatoms. The molecule has 0 radical (unpaired) electrons. The molecule has 3 aromatic rings. The van der Waals surface area contributed by atoms with Gasteiger partial charge in [0.1, 0.15) is 5.82 Å². The Bertz CT molecular complexity index is 801. The van der Waals surface area contributed by atoms with Crippen LogP contribution >= 0.6 is 11.6 Å². The lowest BCUT2D eigenvalue weighted by molar-refractivity contribution is 0.252. The fourth-order valence-corrected chi connectivity index (χ4v) is 2.28. The van der Waals surface area contributed by atoms with Crippen molar-refractivity contribution >= 4 is 29.0 Å². The van der Waals surface area contributed by atoms with Gasteiger partial charge in [0.05, 0.1) is 0 Å². The molecular weight excluding hydrogens is 302 g/mol. The van der Waals surface area contributed by atoms with Gasteiger partial charge in [-0.15, -0.1) is 10.2 Å². The maximum absolute atomic E-state index is 11.8. The maximum atomic E-state index is 11.8. The minimum absolute atomic E-state index is 0.281. The van der Waals surface area contributed by atoms with Crippen LogP contribution in [0.15, 0.2) is 48.7 Å². The van der Waals surface area contributed by atoms with Crippen LogP contribution in [-0.2, 0) is 6.42 Å². The predicted octanol–water partition coefficient (Wildman–Crippen LogP) is 2.75. The Labute approximate surface area is 132 Å². The zero-order valence-electron chi connectivity index (χ0n) is 11.7. The molecule has 0 bridgehead atoms. The molecule has 22 heavy (non-hydrogen) atoms. The summed E-state index contributed by atoms with van der Waals surface area (Å²) in [5.74, 6) is 0.804. The van der Waals surface area contributed by atoms with E-state index in [0.29, 0.717) is 23.7 Å². The number of nitrogens with one attached hydrogen (secondary N) is 2. The van der Waals surface area contributed by atoms with E-state index in [1.54, 1.807) is 24.3 Å². The number of carbonyl (C=O) groups is 1. The van der Waals surface area contributed by atoms with Gasteiger partial charge >= 0.3 is 6.03 Å². The van der Waals surface area contributed by atoms with Gasteiger partial charge in [0.25, 0.3) is 0 Å². The molecule has 0 aliphatic rings. The summed E-state index contributed by atoms with van der Waals surface area (Å²) in [6.45, 7) is 0.460. The Hall–Kier alpha value is -2.60. The summed E-state index contributed by atoms with van der Waals surface area (Å²) in [5, 5.41) is 14.3. The van der Waals surface area contributed by atoms with Crippen molar-refractivity contribution in [3.63, 3.8) is 0 Å². The minimum atomic E-state index is -0.281. The second-order valence-corrected chi connectivity index (χ2v) is 5.12. The normalized spacial score (nSPS) is 10.6. The first-order valence-electron chi connectivity index (χ1n) is 6.81. The van der Waals surface area contributed by atoms with Crippen molar-refractivity contribution in [2.45, 2.75) is 6.42 Å². The third-order valence-corrected chi connectivity index (χ3v) is 3.34. The van der Waals surface area contributed by atoms with Crippen LogP contribution in [0.4, 0.5) is 10.5 Å². The molecule has 2 aromatic heterocycles. The third kappa shape index (κ3) is 3.35. The Morgan fingerprint density at radius 1 is 1.18 bits per heavy atom. The Kier molecular flexibility index (Phi) is 4.20. The molecule has 0 saturated carbocycles. The lowest BCUT2D eigenvalue weighted by Crippen LogP contribution is -2.30. The standard InChI is InChI=1S/C15H14ClN5O/c16-11-4-3-5-12(10-11)18-15(22)17-8-7-14-20-19-13-6-1-2-9-21(13)14/h1-6,9-10H,7-8H2,(H2,17,18,22). The average Bonchev–Trinajstić information content (AvgIpc) is 2.91. The Morgan fingerprint density at radius 2 is 2.09 bits per heavy atom. The molecular formula is C15H14ClN5O. The highest BCUT2D eigenvalue weighted by atomic mass is 35.5. The Morgan fingerprint density at radius 3 is 2.95 bits per heavy atom. The lowest BCUT2D eigenvalue weighted by atomic mass is 10.3. The predicted molar refractivity (Wildman–Crippen MR) is 85.2 cm³/mol. The Balaban J connectivity index is 1.53. The fraction of sp³-hybridized carbons (Fsp3) is 0.133. The van der Waals surface area contributed by atoms with E-state index in [1.807, 2.05) is 28.8 Å². The van der Waals surface area contributed by atoms with Crippen molar-refractivity contribution in [2.24, 2.45) is 0 Å². The van der Waals surface area contributed by atoms with Gasteiger partial charge < -0.3 is 10.6 Å². The van der Waals surface area contributed by atoms with E-state index in [9.17, 15) is 4.79 Å². The summed E-state index contributed by atoms with van der Waals surface area (Å²) in [4.78, 5) is 11.8. The zero-order chi connectivity index (χ0) is 15.4. The summed E-state index contributed by atoms with van der Waals surface area (Å²) in [5.41, 5.74) is 1.44. The first kappa shape index (κ1) is 14.3. The van der Waals surface area contributed by atoms with Crippen molar-refractivity contribution in [1.29, 1.82) is 0 Å². The van der Waals surface area contributed by atoms with Crippen molar-refractivity contribution in [2.75, 3.05) is 11.9 Å². The topological polar surface area (TPSA) is 71.3 Å². The highest BCUT2D eigenvalue weighted by molar-refractivity contribution is 6.30. The van der Waals surface area contributed by atoms with Gasteiger partial charge in [-0.3, -0.25) is 4.40 Å². The molecule has 0 aliphatic heterocycles. The molecule has 0 saturated heterocycles. The number of anilines is 1. The molecule has 0 spiro atoms. The lowest BCUT2D eigenvalue weighted by Gasteiger charge is -2.07.